The van der Waals surface area contributed by atoms with E-state index in [1.54, 1.807) is 23.1 Å². The predicted octanol–water partition coefficient (Wildman–Crippen LogP) is 1.16. The van der Waals surface area contributed by atoms with Crippen molar-refractivity contribution in [1.82, 2.24) is 15.1 Å². The minimum Gasteiger partial charge on any atom is -0.467 e. The Morgan fingerprint density at radius 1 is 1.03 bits per heavy atom. The van der Waals surface area contributed by atoms with Crippen molar-refractivity contribution >= 4 is 23.6 Å². The molecule has 162 valence electrons. The summed E-state index contributed by atoms with van der Waals surface area (Å²) in [7, 11) is 0. The van der Waals surface area contributed by atoms with Gasteiger partial charge in [0.1, 0.15) is 12.3 Å². The zero-order chi connectivity index (χ0) is 21.3. The summed E-state index contributed by atoms with van der Waals surface area (Å²) in [5.74, 6) is 0.104. The summed E-state index contributed by atoms with van der Waals surface area (Å²) in [5, 5.41) is 2.96. The topological polar surface area (TPSA) is 96.0 Å². The Balaban J connectivity index is 1.11. The van der Waals surface area contributed by atoms with Crippen LogP contribution >= 0.6 is 0 Å². The first-order chi connectivity index (χ1) is 15.0. The first-order valence-corrected chi connectivity index (χ1v) is 11.2. The number of hydrogen-bond donors (Lipinski definition) is 1. The number of hydrogen-bond acceptors (Lipinski definition) is 5. The van der Waals surface area contributed by atoms with Gasteiger partial charge in [-0.1, -0.05) is 12.1 Å². The highest BCUT2D eigenvalue weighted by Crippen LogP contribution is 2.56. The van der Waals surface area contributed by atoms with Crippen LogP contribution in [0.2, 0.25) is 0 Å². The van der Waals surface area contributed by atoms with Gasteiger partial charge in [0.05, 0.1) is 17.4 Å². The van der Waals surface area contributed by atoms with Gasteiger partial charge >= 0.3 is 0 Å². The molecule has 1 spiro atoms. The standard InChI is InChI=1S/C23H25N3O5/c27-17(12-26-21(29)18-13-5-6-14(11-13)19(18)22(26)30)25-9-7-23(8-10-25)24-20(28)15-3-1-2-4-16(15)31-23/h1-4,13-14,18-19H,5-12H2,(H,24,28)/t13-,14+,18-,19-/m0/s1. The molecule has 1 aromatic rings. The lowest BCUT2D eigenvalue weighted by Gasteiger charge is -2.44. The average Bonchev–Trinajstić information content (AvgIpc) is 3.44. The van der Waals surface area contributed by atoms with Gasteiger partial charge in [0.2, 0.25) is 17.7 Å². The highest BCUT2D eigenvalue weighted by Gasteiger charge is 2.61. The molecule has 31 heavy (non-hydrogen) atoms. The minimum atomic E-state index is -0.822. The number of ether oxygens (including phenoxy) is 1. The molecule has 2 bridgehead atoms. The Bertz CT molecular complexity index is 971. The van der Waals surface area contributed by atoms with E-state index in [1.165, 1.54) is 4.90 Å². The molecule has 0 aromatic heterocycles. The quantitative estimate of drug-likeness (QED) is 0.720. The van der Waals surface area contributed by atoms with Gasteiger partial charge in [0, 0.05) is 25.9 Å². The molecule has 6 rings (SSSR count). The van der Waals surface area contributed by atoms with Crippen molar-refractivity contribution in [2.24, 2.45) is 23.7 Å². The Kier molecular flexibility index (Phi) is 3.98. The van der Waals surface area contributed by atoms with Crippen molar-refractivity contribution in [3.8, 4) is 5.75 Å². The summed E-state index contributed by atoms with van der Waals surface area (Å²) in [5.41, 5.74) is -0.310. The van der Waals surface area contributed by atoms with E-state index in [0.717, 1.165) is 19.3 Å². The largest absolute Gasteiger partial charge is 0.467 e. The highest BCUT2D eigenvalue weighted by molar-refractivity contribution is 6.08. The van der Waals surface area contributed by atoms with E-state index in [-0.39, 0.29) is 42.0 Å². The number of para-hydroxylation sites is 1. The van der Waals surface area contributed by atoms with Crippen molar-refractivity contribution in [2.45, 2.75) is 37.8 Å². The number of likely N-dealkylation sites (tertiary alicyclic amines) is 2. The van der Waals surface area contributed by atoms with E-state index in [2.05, 4.69) is 5.32 Å². The Labute approximate surface area is 179 Å². The molecule has 5 aliphatic rings. The molecule has 8 heteroatoms. The summed E-state index contributed by atoms with van der Waals surface area (Å²) in [6.07, 6.45) is 3.94. The SMILES string of the molecule is O=C1NC2(CCN(C(=O)CN3C(=O)[C@H]4[C@@H]5CC[C@@H](C5)[C@@H]4C3=O)CC2)Oc2ccccc21. The second kappa shape index (κ2) is 6.55. The van der Waals surface area contributed by atoms with Gasteiger partial charge < -0.3 is 15.0 Å². The molecule has 2 aliphatic carbocycles. The zero-order valence-corrected chi connectivity index (χ0v) is 17.2. The number of carbonyl (C=O) groups excluding carboxylic acids is 4. The Hall–Kier alpha value is -2.90. The Morgan fingerprint density at radius 3 is 2.35 bits per heavy atom. The van der Waals surface area contributed by atoms with Crippen molar-refractivity contribution in [3.63, 3.8) is 0 Å². The number of amides is 4. The molecule has 4 amide bonds. The summed E-state index contributed by atoms with van der Waals surface area (Å²) >= 11 is 0. The first kappa shape index (κ1) is 18.8. The molecular formula is C23H25N3O5. The van der Waals surface area contributed by atoms with Crippen molar-refractivity contribution in [3.05, 3.63) is 29.8 Å². The molecule has 3 aliphatic heterocycles. The maximum Gasteiger partial charge on any atom is 0.258 e. The second-order valence-electron chi connectivity index (χ2n) is 9.57. The number of benzene rings is 1. The lowest BCUT2D eigenvalue weighted by atomic mass is 9.81. The van der Waals surface area contributed by atoms with Gasteiger partial charge in [0.15, 0.2) is 5.72 Å². The fourth-order valence-electron chi connectivity index (χ4n) is 6.46. The fraction of sp³-hybridized carbons (Fsp3) is 0.565. The monoisotopic (exact) mass is 423 g/mol. The van der Waals surface area contributed by atoms with Gasteiger partial charge in [-0.2, -0.15) is 0 Å². The number of fused-ring (bicyclic) bond motifs is 6. The Morgan fingerprint density at radius 2 is 1.68 bits per heavy atom. The molecule has 1 aromatic carbocycles. The third kappa shape index (κ3) is 2.73. The molecular weight excluding hydrogens is 398 g/mol. The lowest BCUT2D eigenvalue weighted by Crippen LogP contribution is -2.62. The van der Waals surface area contributed by atoms with Gasteiger partial charge in [-0.3, -0.25) is 24.1 Å². The first-order valence-electron chi connectivity index (χ1n) is 11.2. The van der Waals surface area contributed by atoms with Gasteiger partial charge in [0.25, 0.3) is 5.91 Å². The molecule has 4 fully saturated rings. The minimum absolute atomic E-state index is 0.150. The van der Waals surface area contributed by atoms with Crippen LogP contribution in [0, 0.1) is 23.7 Å². The average molecular weight is 423 g/mol. The van der Waals surface area contributed by atoms with E-state index >= 15 is 0 Å². The zero-order valence-electron chi connectivity index (χ0n) is 17.2. The van der Waals surface area contributed by atoms with Crippen molar-refractivity contribution in [1.29, 1.82) is 0 Å². The van der Waals surface area contributed by atoms with Crippen molar-refractivity contribution < 1.29 is 23.9 Å². The molecule has 0 radical (unpaired) electrons. The smallest absolute Gasteiger partial charge is 0.258 e. The van der Waals surface area contributed by atoms with Gasteiger partial charge in [-0.15, -0.1) is 0 Å². The summed E-state index contributed by atoms with van der Waals surface area (Å²) in [6.45, 7) is 0.623. The van der Waals surface area contributed by atoms with Crippen LogP contribution in [0.25, 0.3) is 0 Å². The number of piperidine rings is 1. The molecule has 2 saturated heterocycles. The predicted molar refractivity (Wildman–Crippen MR) is 108 cm³/mol. The third-order valence-corrected chi connectivity index (χ3v) is 8.01. The van der Waals surface area contributed by atoms with Crippen LogP contribution in [0.1, 0.15) is 42.5 Å². The van der Waals surface area contributed by atoms with Crippen LogP contribution in [-0.2, 0) is 14.4 Å². The summed E-state index contributed by atoms with van der Waals surface area (Å²) in [4.78, 5) is 54.0. The van der Waals surface area contributed by atoms with Crippen LogP contribution in [0.3, 0.4) is 0 Å². The molecule has 1 N–H and O–H groups in total. The number of nitrogens with one attached hydrogen (secondary N) is 1. The maximum absolute atomic E-state index is 12.9. The molecule has 0 unspecified atom stereocenters. The van der Waals surface area contributed by atoms with E-state index in [9.17, 15) is 19.2 Å². The normalized spacial score (nSPS) is 32.7. The molecule has 2 saturated carbocycles. The molecule has 3 heterocycles. The number of carbonyl (C=O) groups is 4. The lowest BCUT2D eigenvalue weighted by molar-refractivity contribution is -0.148. The van der Waals surface area contributed by atoms with Gasteiger partial charge in [-0.25, -0.2) is 0 Å². The van der Waals surface area contributed by atoms with E-state index in [0.29, 0.717) is 49.1 Å². The van der Waals surface area contributed by atoms with Gasteiger partial charge in [-0.05, 0) is 43.2 Å². The van der Waals surface area contributed by atoms with Crippen LogP contribution in [0.5, 0.6) is 5.75 Å². The second-order valence-corrected chi connectivity index (χ2v) is 9.57. The highest BCUT2D eigenvalue weighted by atomic mass is 16.5. The summed E-state index contributed by atoms with van der Waals surface area (Å²) in [6, 6.07) is 7.13. The molecule has 4 atom stereocenters. The fourth-order valence-corrected chi connectivity index (χ4v) is 6.46. The van der Waals surface area contributed by atoms with Crippen LogP contribution in [-0.4, -0.2) is 58.8 Å². The van der Waals surface area contributed by atoms with E-state index < -0.39 is 5.72 Å². The third-order valence-electron chi connectivity index (χ3n) is 8.01. The van der Waals surface area contributed by atoms with E-state index in [1.807, 2.05) is 6.07 Å². The van der Waals surface area contributed by atoms with Crippen LogP contribution < -0.4 is 10.1 Å². The number of imide groups is 1. The van der Waals surface area contributed by atoms with Crippen LogP contribution in [0.4, 0.5) is 0 Å². The number of rotatable bonds is 2. The van der Waals surface area contributed by atoms with E-state index in [4.69, 9.17) is 4.74 Å². The molecule has 8 nitrogen and oxygen atoms in total. The number of nitrogens with zero attached hydrogens (tertiary/aromatic N) is 2. The van der Waals surface area contributed by atoms with Crippen LogP contribution in [0.15, 0.2) is 24.3 Å². The maximum atomic E-state index is 12.9. The summed E-state index contributed by atoms with van der Waals surface area (Å²) < 4.78 is 6.12. The van der Waals surface area contributed by atoms with Crippen molar-refractivity contribution in [2.75, 3.05) is 19.6 Å².